The van der Waals surface area contributed by atoms with Crippen molar-refractivity contribution >= 4 is 15.9 Å². The van der Waals surface area contributed by atoms with Crippen LogP contribution < -0.4 is 0 Å². The predicted molar refractivity (Wildman–Crippen MR) is 62.0 cm³/mol. The molecule has 0 saturated heterocycles. The van der Waals surface area contributed by atoms with Crippen molar-refractivity contribution in [1.82, 2.24) is 0 Å². The molecule has 0 saturated carbocycles. The van der Waals surface area contributed by atoms with Gasteiger partial charge in [0.1, 0.15) is 0 Å². The van der Waals surface area contributed by atoms with Crippen LogP contribution in [0, 0.1) is 0 Å². The highest BCUT2D eigenvalue weighted by molar-refractivity contribution is 9.11. The van der Waals surface area contributed by atoms with Crippen LogP contribution in [0.5, 0.6) is 0 Å². The zero-order chi connectivity index (χ0) is 9.52. The number of rotatable bonds is 4. The van der Waals surface area contributed by atoms with Gasteiger partial charge >= 0.3 is 0 Å². The maximum atomic E-state index is 3.73. The Balaban J connectivity index is 2.32. The molecule has 0 atom stereocenters. The van der Waals surface area contributed by atoms with Gasteiger partial charge in [-0.2, -0.15) is 0 Å². The second-order valence-electron chi connectivity index (χ2n) is 2.87. The van der Waals surface area contributed by atoms with Gasteiger partial charge in [0, 0.05) is 4.48 Å². The number of hydrogen-bond acceptors (Lipinski definition) is 0. The molecule has 0 bridgehead atoms. The summed E-state index contributed by atoms with van der Waals surface area (Å²) in [5.41, 5.74) is 1.38. The molecule has 1 aromatic carbocycles. The summed E-state index contributed by atoms with van der Waals surface area (Å²) in [6.45, 7) is 3.73. The Morgan fingerprint density at radius 1 is 1.31 bits per heavy atom. The highest BCUT2D eigenvalue weighted by Gasteiger charge is 1.87. The van der Waals surface area contributed by atoms with E-state index in [0.29, 0.717) is 0 Å². The standard InChI is InChI=1S/C12H13Br/c1-11(13)7-5-6-10-12-8-3-2-4-9-12/h2-5,7-9H,1,6,10H2/b7-5+. The fraction of sp³-hybridized carbons (Fsp3) is 0.167. The van der Waals surface area contributed by atoms with Crippen molar-refractivity contribution in [3.8, 4) is 0 Å². The maximum absolute atomic E-state index is 3.73. The van der Waals surface area contributed by atoms with Crippen LogP contribution in [0.1, 0.15) is 12.0 Å². The van der Waals surface area contributed by atoms with E-state index in [2.05, 4.69) is 52.9 Å². The fourth-order valence-corrected chi connectivity index (χ4v) is 1.29. The Labute approximate surface area is 88.1 Å². The van der Waals surface area contributed by atoms with Gasteiger partial charge in [-0.05, 0) is 18.4 Å². The third-order valence-corrected chi connectivity index (χ3v) is 2.01. The van der Waals surface area contributed by atoms with Crippen LogP contribution in [-0.4, -0.2) is 0 Å². The zero-order valence-electron chi connectivity index (χ0n) is 7.54. The van der Waals surface area contributed by atoms with Crippen LogP contribution in [0.15, 0.2) is 53.5 Å². The predicted octanol–water partition coefficient (Wildman–Crippen LogP) is 4.08. The lowest BCUT2D eigenvalue weighted by Crippen LogP contribution is -1.80. The smallest absolute Gasteiger partial charge is 0.00997 e. The largest absolute Gasteiger partial charge is 0.0848 e. The molecular weight excluding hydrogens is 224 g/mol. The molecule has 1 aromatic rings. The quantitative estimate of drug-likeness (QED) is 0.692. The third kappa shape index (κ3) is 4.69. The third-order valence-electron chi connectivity index (χ3n) is 1.74. The molecule has 0 N–H and O–H groups in total. The van der Waals surface area contributed by atoms with Crippen LogP contribution in [-0.2, 0) is 6.42 Å². The molecule has 0 fully saturated rings. The summed E-state index contributed by atoms with van der Waals surface area (Å²) in [6.07, 6.45) is 6.28. The van der Waals surface area contributed by atoms with E-state index in [4.69, 9.17) is 0 Å². The van der Waals surface area contributed by atoms with Crippen LogP contribution in [0.3, 0.4) is 0 Å². The monoisotopic (exact) mass is 236 g/mol. The minimum Gasteiger partial charge on any atom is -0.0848 e. The first-order valence-electron chi connectivity index (χ1n) is 4.34. The lowest BCUT2D eigenvalue weighted by Gasteiger charge is -1.95. The lowest BCUT2D eigenvalue weighted by molar-refractivity contribution is 1.00. The van der Waals surface area contributed by atoms with Crippen molar-refractivity contribution in [2.45, 2.75) is 12.8 Å². The average molecular weight is 237 g/mol. The SMILES string of the molecule is C=C(Br)/C=C/CCc1ccccc1. The van der Waals surface area contributed by atoms with Crippen molar-refractivity contribution in [2.75, 3.05) is 0 Å². The molecule has 0 nitrogen and oxygen atoms in total. The molecule has 0 aliphatic carbocycles. The molecule has 1 heteroatoms. The van der Waals surface area contributed by atoms with Gasteiger partial charge in [0.2, 0.25) is 0 Å². The molecule has 0 radical (unpaired) electrons. The van der Waals surface area contributed by atoms with E-state index in [0.717, 1.165) is 17.3 Å². The Kier molecular flexibility index (Phi) is 4.55. The van der Waals surface area contributed by atoms with E-state index in [1.54, 1.807) is 0 Å². The molecule has 0 amide bonds. The Hall–Kier alpha value is -0.820. The van der Waals surface area contributed by atoms with E-state index in [-0.39, 0.29) is 0 Å². The average Bonchev–Trinajstić information content (AvgIpc) is 2.14. The topological polar surface area (TPSA) is 0 Å². The molecule has 0 aromatic heterocycles. The summed E-state index contributed by atoms with van der Waals surface area (Å²) in [5.74, 6) is 0. The van der Waals surface area contributed by atoms with E-state index >= 15 is 0 Å². The van der Waals surface area contributed by atoms with Gasteiger partial charge in [0.05, 0.1) is 0 Å². The Morgan fingerprint density at radius 3 is 2.62 bits per heavy atom. The lowest BCUT2D eigenvalue weighted by atomic mass is 10.1. The second kappa shape index (κ2) is 5.76. The van der Waals surface area contributed by atoms with E-state index in [1.807, 2.05) is 12.1 Å². The molecule has 0 heterocycles. The molecular formula is C12H13Br. The van der Waals surface area contributed by atoms with Gasteiger partial charge in [0.25, 0.3) is 0 Å². The van der Waals surface area contributed by atoms with Crippen molar-refractivity contribution in [1.29, 1.82) is 0 Å². The van der Waals surface area contributed by atoms with Crippen molar-refractivity contribution in [2.24, 2.45) is 0 Å². The molecule has 0 aliphatic heterocycles. The number of benzene rings is 1. The van der Waals surface area contributed by atoms with Gasteiger partial charge in [-0.25, -0.2) is 0 Å². The minimum absolute atomic E-state index is 0.931. The van der Waals surface area contributed by atoms with Crippen LogP contribution in [0.4, 0.5) is 0 Å². The van der Waals surface area contributed by atoms with E-state index in [1.165, 1.54) is 5.56 Å². The van der Waals surface area contributed by atoms with Gasteiger partial charge in [-0.3, -0.25) is 0 Å². The van der Waals surface area contributed by atoms with Gasteiger partial charge in [-0.15, -0.1) is 0 Å². The number of hydrogen-bond donors (Lipinski definition) is 0. The zero-order valence-corrected chi connectivity index (χ0v) is 9.13. The molecule has 1 rings (SSSR count). The summed E-state index contributed by atoms with van der Waals surface area (Å²) in [4.78, 5) is 0. The first-order valence-corrected chi connectivity index (χ1v) is 5.13. The Morgan fingerprint density at radius 2 is 2.00 bits per heavy atom. The highest BCUT2D eigenvalue weighted by atomic mass is 79.9. The second-order valence-corrected chi connectivity index (χ2v) is 3.89. The highest BCUT2D eigenvalue weighted by Crippen LogP contribution is 2.06. The number of halogens is 1. The van der Waals surface area contributed by atoms with E-state index < -0.39 is 0 Å². The minimum atomic E-state index is 0.931. The van der Waals surface area contributed by atoms with Crippen LogP contribution >= 0.6 is 15.9 Å². The number of allylic oxidation sites excluding steroid dienone is 3. The molecule has 0 spiro atoms. The summed E-state index contributed by atoms with van der Waals surface area (Å²) >= 11 is 3.28. The first kappa shape index (κ1) is 10.3. The van der Waals surface area contributed by atoms with Crippen LogP contribution in [0.25, 0.3) is 0 Å². The van der Waals surface area contributed by atoms with Crippen molar-refractivity contribution in [3.05, 3.63) is 59.1 Å². The van der Waals surface area contributed by atoms with Crippen molar-refractivity contribution in [3.63, 3.8) is 0 Å². The molecule has 0 aliphatic rings. The van der Waals surface area contributed by atoms with Gasteiger partial charge < -0.3 is 0 Å². The summed E-state index contributed by atoms with van der Waals surface area (Å²) in [5, 5.41) is 0. The fourth-order valence-electron chi connectivity index (χ4n) is 1.11. The van der Waals surface area contributed by atoms with Gasteiger partial charge in [0.15, 0.2) is 0 Å². The molecule has 68 valence electrons. The summed E-state index contributed by atoms with van der Waals surface area (Å²) < 4.78 is 0.931. The summed E-state index contributed by atoms with van der Waals surface area (Å²) in [7, 11) is 0. The maximum Gasteiger partial charge on any atom is 0.00997 e. The molecule has 0 unspecified atom stereocenters. The number of aryl methyl sites for hydroxylation is 1. The van der Waals surface area contributed by atoms with Crippen LogP contribution in [0.2, 0.25) is 0 Å². The Bertz CT molecular complexity index is 285. The molecule has 13 heavy (non-hydrogen) atoms. The normalized spacial score (nSPS) is 10.5. The van der Waals surface area contributed by atoms with Crippen molar-refractivity contribution < 1.29 is 0 Å². The summed E-state index contributed by atoms with van der Waals surface area (Å²) in [6, 6.07) is 10.5. The van der Waals surface area contributed by atoms with Gasteiger partial charge in [-0.1, -0.05) is 65.0 Å². The van der Waals surface area contributed by atoms with E-state index in [9.17, 15) is 0 Å². The first-order chi connectivity index (χ1) is 6.29.